The minimum absolute atomic E-state index is 0.145. The van der Waals surface area contributed by atoms with Gasteiger partial charge in [0.25, 0.3) is 0 Å². The third kappa shape index (κ3) is 10.9. The van der Waals surface area contributed by atoms with E-state index in [2.05, 4.69) is 0 Å². The number of allylic oxidation sites excluding steroid dienone is 4. The molecule has 0 aromatic rings. The van der Waals surface area contributed by atoms with E-state index in [0.717, 1.165) is 12.2 Å². The van der Waals surface area contributed by atoms with Crippen molar-refractivity contribution < 1.29 is 63.1 Å². The number of Topliss-reactive ketones (excluding diaryl/α,β-unsaturated/α-hetero) is 1. The van der Waals surface area contributed by atoms with Gasteiger partial charge in [0.05, 0.1) is 5.92 Å². The van der Waals surface area contributed by atoms with Crippen molar-refractivity contribution >= 4 is 29.7 Å². The molecule has 0 N–H and O–H groups in total. The van der Waals surface area contributed by atoms with Gasteiger partial charge in [-0.3, -0.25) is 24.3 Å². The average molecular weight is 653 g/mol. The lowest BCUT2D eigenvalue weighted by Crippen LogP contribution is -2.47. The van der Waals surface area contributed by atoms with E-state index in [4.69, 9.17) is 39.1 Å². The third-order valence-corrected chi connectivity index (χ3v) is 6.16. The molecule has 0 aromatic carbocycles. The van der Waals surface area contributed by atoms with Crippen LogP contribution < -0.4 is 0 Å². The molecule has 0 aliphatic heterocycles. The van der Waals surface area contributed by atoms with Crippen molar-refractivity contribution in [3.8, 4) is 0 Å². The van der Waals surface area contributed by atoms with E-state index in [1.807, 2.05) is 0 Å². The molecule has 258 valence electrons. The van der Waals surface area contributed by atoms with Crippen molar-refractivity contribution in [2.24, 2.45) is 22.7 Å². The number of carbonyl (C=O) groups is 5. The monoisotopic (exact) mass is 652 g/mol. The van der Waals surface area contributed by atoms with E-state index in [1.54, 1.807) is 89.2 Å². The molecule has 0 radical (unpaired) electrons. The van der Waals surface area contributed by atoms with Crippen molar-refractivity contribution in [3.63, 3.8) is 0 Å². The molecule has 2 aliphatic rings. The molecule has 0 bridgehead atoms. The van der Waals surface area contributed by atoms with Gasteiger partial charge in [0.1, 0.15) is 28.2 Å². The predicted molar refractivity (Wildman–Crippen MR) is 161 cm³/mol. The van der Waals surface area contributed by atoms with Crippen LogP contribution in [0.4, 0.5) is 0 Å². The standard InChI is InChI=1S/C33H48O13/c1-28(2,3)43-39-24(35)32(25(36)40-44-29(4,5)6)18-15-21(16-19-32)23(34)22-14-13-17-33(20-22,26(37)41-45-30(7,8)9)27(38)42-46-31(10,11)12/h13-16,18-19,21-22H,17,20H2,1-12H3. The molecule has 13 heteroatoms. The van der Waals surface area contributed by atoms with Gasteiger partial charge >= 0.3 is 23.9 Å². The van der Waals surface area contributed by atoms with Gasteiger partial charge in [0.15, 0.2) is 5.41 Å². The molecular formula is C33H48O13. The van der Waals surface area contributed by atoms with Crippen LogP contribution in [-0.2, 0) is 63.1 Å². The summed E-state index contributed by atoms with van der Waals surface area (Å²) in [4.78, 5) is 108. The van der Waals surface area contributed by atoms with Crippen molar-refractivity contribution in [1.29, 1.82) is 0 Å². The number of hydrogen-bond donors (Lipinski definition) is 0. The van der Waals surface area contributed by atoms with Crippen LogP contribution in [0.3, 0.4) is 0 Å². The van der Waals surface area contributed by atoms with Crippen LogP contribution in [0.15, 0.2) is 36.5 Å². The maximum atomic E-state index is 13.8. The number of rotatable bonds is 10. The predicted octanol–water partition coefficient (Wildman–Crippen LogP) is 5.33. The Hall–Kier alpha value is -3.39. The highest BCUT2D eigenvalue weighted by molar-refractivity contribution is 6.05. The van der Waals surface area contributed by atoms with Gasteiger partial charge in [0.2, 0.25) is 5.41 Å². The molecule has 0 fully saturated rings. The Bertz CT molecular complexity index is 1170. The lowest BCUT2D eigenvalue weighted by Gasteiger charge is -2.34. The van der Waals surface area contributed by atoms with Gasteiger partial charge in [-0.25, -0.2) is 19.2 Å². The highest BCUT2D eigenvalue weighted by atomic mass is 17.2. The molecule has 0 saturated carbocycles. The molecule has 0 aromatic heterocycles. The highest BCUT2D eigenvalue weighted by Crippen LogP contribution is 2.41. The van der Waals surface area contributed by atoms with Crippen LogP contribution in [0, 0.1) is 22.7 Å². The fourth-order valence-electron chi connectivity index (χ4n) is 3.94. The minimum atomic E-state index is -2.14. The molecule has 0 spiro atoms. The maximum Gasteiger partial charge on any atom is 0.367 e. The topological polar surface area (TPSA) is 159 Å². The summed E-state index contributed by atoms with van der Waals surface area (Å²) in [6, 6.07) is 0. The molecule has 46 heavy (non-hydrogen) atoms. The normalized spacial score (nSPS) is 19.7. The van der Waals surface area contributed by atoms with Gasteiger partial charge in [0, 0.05) is 5.92 Å². The van der Waals surface area contributed by atoms with E-state index in [0.29, 0.717) is 0 Å². The van der Waals surface area contributed by atoms with Gasteiger partial charge in [-0.15, -0.1) is 0 Å². The zero-order valence-corrected chi connectivity index (χ0v) is 28.8. The van der Waals surface area contributed by atoms with E-state index in [-0.39, 0.29) is 12.8 Å². The first-order valence-corrected chi connectivity index (χ1v) is 15.0. The van der Waals surface area contributed by atoms with Crippen LogP contribution >= 0.6 is 0 Å². The first-order chi connectivity index (χ1) is 20.8. The fourth-order valence-corrected chi connectivity index (χ4v) is 3.94. The molecule has 2 rings (SSSR count). The molecule has 1 unspecified atom stereocenters. The quantitative estimate of drug-likeness (QED) is 0.129. The van der Waals surface area contributed by atoms with Crippen LogP contribution in [0.25, 0.3) is 0 Å². The number of hydrogen-bond acceptors (Lipinski definition) is 13. The average Bonchev–Trinajstić information content (AvgIpc) is 2.94. The van der Waals surface area contributed by atoms with Crippen LogP contribution in [0.5, 0.6) is 0 Å². The van der Waals surface area contributed by atoms with E-state index in [1.165, 1.54) is 18.2 Å². The first kappa shape index (κ1) is 38.8. The zero-order chi connectivity index (χ0) is 35.4. The smallest absolute Gasteiger partial charge is 0.298 e. The summed E-state index contributed by atoms with van der Waals surface area (Å²) in [6.07, 6.45) is 7.57. The SMILES string of the molecule is CC(C)(C)OOC(=O)C1(C(=O)OOC(C)(C)C)C=CC(C(=O)C2C=CCC(C(=O)OOC(C)(C)C)(C(=O)OOC(C)(C)C)C2)C=C1. The van der Waals surface area contributed by atoms with Gasteiger partial charge < -0.3 is 0 Å². The van der Waals surface area contributed by atoms with Crippen molar-refractivity contribution in [2.45, 2.75) is 118 Å². The van der Waals surface area contributed by atoms with Crippen molar-refractivity contribution in [3.05, 3.63) is 36.5 Å². The molecule has 0 amide bonds. The Morgan fingerprint density at radius 3 is 1.24 bits per heavy atom. The largest absolute Gasteiger partial charge is 0.367 e. The molecule has 2 aliphatic carbocycles. The van der Waals surface area contributed by atoms with Crippen molar-refractivity contribution in [1.82, 2.24) is 0 Å². The lowest BCUT2D eigenvalue weighted by atomic mass is 9.69. The van der Waals surface area contributed by atoms with E-state index in [9.17, 15) is 24.0 Å². The highest BCUT2D eigenvalue weighted by Gasteiger charge is 2.55. The molecule has 0 saturated heterocycles. The summed E-state index contributed by atoms with van der Waals surface area (Å²) in [7, 11) is 0. The summed E-state index contributed by atoms with van der Waals surface area (Å²) in [5.41, 5.74) is -7.65. The maximum absolute atomic E-state index is 13.8. The summed E-state index contributed by atoms with van der Waals surface area (Å²) in [5, 5.41) is 0. The Kier molecular flexibility index (Phi) is 11.9. The molecule has 0 heterocycles. The Balaban J connectivity index is 2.37. The van der Waals surface area contributed by atoms with Crippen LogP contribution in [0.2, 0.25) is 0 Å². The molecule has 1 atom stereocenters. The molecular weight excluding hydrogens is 604 g/mol. The van der Waals surface area contributed by atoms with Gasteiger partial charge in [-0.1, -0.05) is 36.5 Å². The zero-order valence-electron chi connectivity index (χ0n) is 28.8. The van der Waals surface area contributed by atoms with E-state index >= 15 is 0 Å². The second kappa shape index (κ2) is 14.2. The summed E-state index contributed by atoms with van der Waals surface area (Å²) >= 11 is 0. The Morgan fingerprint density at radius 2 is 0.891 bits per heavy atom. The molecule has 13 nitrogen and oxygen atoms in total. The van der Waals surface area contributed by atoms with Crippen LogP contribution in [0.1, 0.15) is 95.9 Å². The van der Waals surface area contributed by atoms with Crippen LogP contribution in [-0.4, -0.2) is 52.1 Å². The minimum Gasteiger partial charge on any atom is -0.298 e. The van der Waals surface area contributed by atoms with Gasteiger partial charge in [-0.05, 0) is 95.9 Å². The second-order valence-corrected chi connectivity index (χ2v) is 15.3. The number of carbonyl (C=O) groups excluding carboxylic acids is 5. The van der Waals surface area contributed by atoms with Crippen molar-refractivity contribution in [2.75, 3.05) is 0 Å². The third-order valence-electron chi connectivity index (χ3n) is 6.16. The second-order valence-electron chi connectivity index (χ2n) is 15.3. The summed E-state index contributed by atoms with van der Waals surface area (Å²) < 4.78 is 0. The fraction of sp³-hybridized carbons (Fsp3) is 0.667. The number of ketones is 1. The van der Waals surface area contributed by atoms with E-state index < -0.39 is 74.7 Å². The Labute approximate surface area is 270 Å². The van der Waals surface area contributed by atoms with Gasteiger partial charge in [-0.2, -0.15) is 19.6 Å². The summed E-state index contributed by atoms with van der Waals surface area (Å²) in [6.45, 7) is 19.8. The Morgan fingerprint density at radius 1 is 0.543 bits per heavy atom. The lowest BCUT2D eigenvalue weighted by molar-refractivity contribution is -0.340. The first-order valence-electron chi connectivity index (χ1n) is 15.0. The summed E-state index contributed by atoms with van der Waals surface area (Å²) in [5.74, 6) is -6.76.